The van der Waals surface area contributed by atoms with Crippen molar-refractivity contribution in [1.29, 1.82) is 0 Å². The van der Waals surface area contributed by atoms with Crippen LogP contribution in [-0.2, 0) is 4.84 Å². The molecule has 3 nitrogen and oxygen atoms in total. The molecule has 100 valence electrons. The number of benzene rings is 1. The Balaban J connectivity index is 2.23. The van der Waals surface area contributed by atoms with Crippen molar-refractivity contribution < 1.29 is 4.84 Å². The number of nitrogens with zero attached hydrogens (tertiary/aromatic N) is 1. The van der Waals surface area contributed by atoms with Crippen LogP contribution in [0.15, 0.2) is 18.2 Å². The van der Waals surface area contributed by atoms with Crippen LogP contribution >= 0.6 is 0 Å². The van der Waals surface area contributed by atoms with Gasteiger partial charge in [-0.1, -0.05) is 32.0 Å². The third-order valence-electron chi connectivity index (χ3n) is 3.82. The third kappa shape index (κ3) is 2.68. The van der Waals surface area contributed by atoms with E-state index in [2.05, 4.69) is 43.9 Å². The second-order valence-corrected chi connectivity index (χ2v) is 5.60. The summed E-state index contributed by atoms with van der Waals surface area (Å²) in [5.74, 6) is 6.31. The predicted octanol–water partition coefficient (Wildman–Crippen LogP) is 2.84. The molecule has 0 amide bonds. The first-order valence-electron chi connectivity index (χ1n) is 6.79. The summed E-state index contributed by atoms with van der Waals surface area (Å²) in [4.78, 5) is 7.29. The van der Waals surface area contributed by atoms with E-state index in [-0.39, 0.29) is 0 Å². The molecule has 0 radical (unpaired) electrons. The van der Waals surface area contributed by atoms with Crippen molar-refractivity contribution in [3.8, 4) is 0 Å². The maximum absolute atomic E-state index is 5.18. The first-order valence-corrected chi connectivity index (χ1v) is 6.79. The average Bonchev–Trinajstić information content (AvgIpc) is 2.77. The van der Waals surface area contributed by atoms with Gasteiger partial charge in [-0.05, 0) is 30.4 Å². The first-order chi connectivity index (χ1) is 8.63. The number of hydrogen-bond donors (Lipinski definition) is 1. The molecule has 1 fully saturated rings. The molecule has 1 aromatic carbocycles. The van der Waals surface area contributed by atoms with Gasteiger partial charge in [0, 0.05) is 24.7 Å². The van der Waals surface area contributed by atoms with Crippen LogP contribution in [0.25, 0.3) is 0 Å². The van der Waals surface area contributed by atoms with E-state index in [0.717, 1.165) is 13.1 Å². The number of anilines is 1. The summed E-state index contributed by atoms with van der Waals surface area (Å²) in [6.07, 6.45) is 1.17. The summed E-state index contributed by atoms with van der Waals surface area (Å²) in [6.45, 7) is 9.55. The Morgan fingerprint density at radius 1 is 1.44 bits per heavy atom. The zero-order valence-electron chi connectivity index (χ0n) is 11.6. The predicted molar refractivity (Wildman–Crippen MR) is 75.7 cm³/mol. The molecule has 1 heterocycles. The molecule has 1 unspecified atom stereocenters. The zero-order chi connectivity index (χ0) is 13.1. The molecule has 0 bridgehead atoms. The summed E-state index contributed by atoms with van der Waals surface area (Å²) >= 11 is 0. The van der Waals surface area contributed by atoms with Gasteiger partial charge in [-0.25, -0.2) is 5.90 Å². The van der Waals surface area contributed by atoms with Crippen LogP contribution in [0, 0.1) is 12.8 Å². The molecule has 1 atom stereocenters. The Morgan fingerprint density at radius 3 is 2.89 bits per heavy atom. The van der Waals surface area contributed by atoms with Gasteiger partial charge in [0.15, 0.2) is 0 Å². The lowest BCUT2D eigenvalue weighted by Gasteiger charge is -2.26. The van der Waals surface area contributed by atoms with E-state index in [0.29, 0.717) is 18.4 Å². The third-order valence-corrected chi connectivity index (χ3v) is 3.82. The monoisotopic (exact) mass is 248 g/mol. The minimum atomic E-state index is 0.560. The Morgan fingerprint density at radius 2 is 2.22 bits per heavy atom. The van der Waals surface area contributed by atoms with Crippen molar-refractivity contribution in [2.75, 3.05) is 24.6 Å². The minimum absolute atomic E-state index is 0.560. The fraction of sp³-hybridized carbons (Fsp3) is 0.600. The molecule has 1 aromatic rings. The van der Waals surface area contributed by atoms with Crippen LogP contribution in [0.3, 0.4) is 0 Å². The van der Waals surface area contributed by atoms with E-state index < -0.39 is 0 Å². The van der Waals surface area contributed by atoms with Gasteiger partial charge < -0.3 is 9.74 Å². The molecule has 18 heavy (non-hydrogen) atoms. The van der Waals surface area contributed by atoms with E-state index in [1.807, 2.05) is 0 Å². The van der Waals surface area contributed by atoms with Crippen LogP contribution in [-0.4, -0.2) is 19.7 Å². The fourth-order valence-corrected chi connectivity index (χ4v) is 2.89. The van der Waals surface area contributed by atoms with E-state index >= 15 is 0 Å². The minimum Gasteiger partial charge on any atom is -0.371 e. The van der Waals surface area contributed by atoms with Gasteiger partial charge in [0.2, 0.25) is 0 Å². The van der Waals surface area contributed by atoms with E-state index in [1.165, 1.54) is 23.2 Å². The summed E-state index contributed by atoms with van der Waals surface area (Å²) < 4.78 is 0. The van der Waals surface area contributed by atoms with Gasteiger partial charge >= 0.3 is 0 Å². The largest absolute Gasteiger partial charge is 0.371 e. The molecule has 1 saturated heterocycles. The average molecular weight is 248 g/mol. The maximum atomic E-state index is 5.18. The summed E-state index contributed by atoms with van der Waals surface area (Å²) in [7, 11) is 0. The fourth-order valence-electron chi connectivity index (χ4n) is 2.89. The van der Waals surface area contributed by atoms with Crippen LogP contribution < -0.4 is 10.8 Å². The number of hydrogen-bond acceptors (Lipinski definition) is 3. The highest BCUT2D eigenvalue weighted by molar-refractivity contribution is 5.61. The normalized spacial score (nSPS) is 19.8. The lowest BCUT2D eigenvalue weighted by Crippen LogP contribution is -2.24. The summed E-state index contributed by atoms with van der Waals surface area (Å²) in [5.41, 5.74) is 4.24. The molecule has 0 spiro atoms. The van der Waals surface area contributed by atoms with Gasteiger partial charge in [-0.15, -0.1) is 0 Å². The van der Waals surface area contributed by atoms with Gasteiger partial charge in [-0.3, -0.25) is 0 Å². The second kappa shape index (κ2) is 5.72. The standard InChI is InChI=1S/C15H24N2O/c1-11(2)14-6-4-5-12(3)15(14)17-8-7-13(9-17)10-18-16/h4-6,11,13H,7-10,16H2,1-3H3. The second-order valence-electron chi connectivity index (χ2n) is 5.60. The smallest absolute Gasteiger partial charge is 0.0724 e. The van der Waals surface area contributed by atoms with Crippen molar-refractivity contribution in [3.63, 3.8) is 0 Å². The lowest BCUT2D eigenvalue weighted by molar-refractivity contribution is 0.108. The molecule has 0 saturated carbocycles. The first kappa shape index (κ1) is 13.4. The Kier molecular flexibility index (Phi) is 4.25. The molecular formula is C15H24N2O. The molecule has 1 aliphatic rings. The molecular weight excluding hydrogens is 224 g/mol. The van der Waals surface area contributed by atoms with Crippen molar-refractivity contribution in [3.05, 3.63) is 29.3 Å². The van der Waals surface area contributed by atoms with E-state index in [9.17, 15) is 0 Å². The maximum Gasteiger partial charge on any atom is 0.0724 e. The van der Waals surface area contributed by atoms with E-state index in [1.54, 1.807) is 0 Å². The number of rotatable bonds is 4. The van der Waals surface area contributed by atoms with Gasteiger partial charge in [0.05, 0.1) is 6.61 Å². The molecule has 2 rings (SSSR count). The van der Waals surface area contributed by atoms with Crippen LogP contribution in [0.5, 0.6) is 0 Å². The summed E-state index contributed by atoms with van der Waals surface area (Å²) in [6, 6.07) is 6.61. The molecule has 0 aliphatic carbocycles. The molecule has 3 heteroatoms. The highest BCUT2D eigenvalue weighted by Gasteiger charge is 2.25. The van der Waals surface area contributed by atoms with Crippen LogP contribution in [0.1, 0.15) is 37.3 Å². The van der Waals surface area contributed by atoms with Gasteiger partial charge in [0.25, 0.3) is 0 Å². The highest BCUT2D eigenvalue weighted by Crippen LogP contribution is 2.34. The Bertz CT molecular complexity index is 403. The van der Waals surface area contributed by atoms with Gasteiger partial charge in [-0.2, -0.15) is 0 Å². The molecule has 2 N–H and O–H groups in total. The lowest BCUT2D eigenvalue weighted by atomic mass is 9.97. The number of aryl methyl sites for hydroxylation is 1. The molecule has 1 aliphatic heterocycles. The summed E-state index contributed by atoms with van der Waals surface area (Å²) in [5, 5.41) is 0. The van der Waals surface area contributed by atoms with E-state index in [4.69, 9.17) is 10.7 Å². The SMILES string of the molecule is Cc1cccc(C(C)C)c1N1CCC(CON)C1. The van der Waals surface area contributed by atoms with Crippen LogP contribution in [0.2, 0.25) is 0 Å². The van der Waals surface area contributed by atoms with Crippen molar-refractivity contribution in [2.45, 2.75) is 33.1 Å². The van der Waals surface area contributed by atoms with Crippen molar-refractivity contribution in [1.82, 2.24) is 0 Å². The Labute approximate surface area is 110 Å². The number of nitrogens with two attached hydrogens (primary N) is 1. The van der Waals surface area contributed by atoms with Crippen molar-refractivity contribution >= 4 is 5.69 Å². The van der Waals surface area contributed by atoms with Crippen molar-refractivity contribution in [2.24, 2.45) is 11.8 Å². The number of para-hydroxylation sites is 1. The molecule has 0 aromatic heterocycles. The quantitative estimate of drug-likeness (QED) is 0.833. The van der Waals surface area contributed by atoms with Gasteiger partial charge in [0.1, 0.15) is 0 Å². The highest BCUT2D eigenvalue weighted by atomic mass is 16.6. The Hall–Kier alpha value is -1.06. The topological polar surface area (TPSA) is 38.5 Å². The van der Waals surface area contributed by atoms with Crippen LogP contribution in [0.4, 0.5) is 5.69 Å². The zero-order valence-corrected chi connectivity index (χ0v) is 11.6.